The van der Waals surface area contributed by atoms with E-state index in [9.17, 15) is 24.3 Å². The minimum atomic E-state index is -1.68. The fourth-order valence-electron chi connectivity index (χ4n) is 5.66. The Morgan fingerprint density at radius 1 is 0.917 bits per heavy atom. The van der Waals surface area contributed by atoms with E-state index < -0.39 is 41.2 Å². The predicted molar refractivity (Wildman–Crippen MR) is 133 cm³/mol. The zero-order valence-electron chi connectivity index (χ0n) is 20.0. The molecule has 0 bridgehead atoms. The van der Waals surface area contributed by atoms with E-state index in [0.29, 0.717) is 11.3 Å². The second-order valence-electron chi connectivity index (χ2n) is 9.54. The lowest BCUT2D eigenvalue weighted by Gasteiger charge is -2.31. The zero-order chi connectivity index (χ0) is 25.6. The topological polar surface area (TPSA) is 104 Å². The van der Waals surface area contributed by atoms with Gasteiger partial charge in [-0.05, 0) is 54.8 Å². The van der Waals surface area contributed by atoms with Crippen molar-refractivity contribution in [3.05, 3.63) is 101 Å². The van der Waals surface area contributed by atoms with Crippen LogP contribution >= 0.6 is 0 Å². The number of benzene rings is 3. The number of carbonyl (C=O) groups is 4. The van der Waals surface area contributed by atoms with Gasteiger partial charge in [-0.15, -0.1) is 0 Å². The van der Waals surface area contributed by atoms with E-state index in [0.717, 1.165) is 21.6 Å². The maximum atomic E-state index is 13.9. The number of anilines is 1. The molecule has 0 radical (unpaired) electrons. The summed E-state index contributed by atoms with van der Waals surface area (Å²) >= 11 is 0. The van der Waals surface area contributed by atoms with Crippen LogP contribution in [0.2, 0.25) is 0 Å². The van der Waals surface area contributed by atoms with E-state index >= 15 is 0 Å². The Labute approximate surface area is 208 Å². The molecule has 2 aliphatic rings. The number of hydrogen-bond acceptors (Lipinski definition) is 5. The van der Waals surface area contributed by atoms with Crippen molar-refractivity contribution in [1.29, 1.82) is 0 Å². The van der Waals surface area contributed by atoms with Crippen LogP contribution in [-0.4, -0.2) is 34.2 Å². The van der Waals surface area contributed by atoms with Gasteiger partial charge < -0.3 is 5.11 Å². The van der Waals surface area contributed by atoms with Crippen molar-refractivity contribution < 1.29 is 24.3 Å². The van der Waals surface area contributed by atoms with Crippen molar-refractivity contribution >= 4 is 29.3 Å². The van der Waals surface area contributed by atoms with E-state index in [1.54, 1.807) is 24.3 Å². The first-order chi connectivity index (χ1) is 17.2. The first-order valence-corrected chi connectivity index (χ1v) is 11.8. The molecule has 7 heteroatoms. The molecule has 2 aliphatic heterocycles. The quantitative estimate of drug-likeness (QED) is 0.410. The van der Waals surface area contributed by atoms with Gasteiger partial charge in [0.2, 0.25) is 11.8 Å². The molecule has 0 aromatic heterocycles. The van der Waals surface area contributed by atoms with Gasteiger partial charge in [0.05, 0.1) is 17.5 Å². The Kier molecular flexibility index (Phi) is 5.80. The Hall–Kier alpha value is -4.10. The summed E-state index contributed by atoms with van der Waals surface area (Å²) in [7, 11) is 0. The summed E-state index contributed by atoms with van der Waals surface area (Å²) in [6.07, 6.45) is 0.0445. The van der Waals surface area contributed by atoms with Crippen molar-refractivity contribution in [2.24, 2.45) is 11.8 Å². The van der Waals surface area contributed by atoms with Crippen LogP contribution in [0.1, 0.15) is 40.0 Å². The van der Waals surface area contributed by atoms with Gasteiger partial charge in [0.1, 0.15) is 5.54 Å². The number of fused-ring (bicyclic) bond motifs is 1. The zero-order valence-corrected chi connectivity index (χ0v) is 20.0. The fourth-order valence-corrected chi connectivity index (χ4v) is 5.66. The van der Waals surface area contributed by atoms with Crippen LogP contribution in [0, 0.1) is 18.8 Å². The molecule has 4 unspecified atom stereocenters. The van der Waals surface area contributed by atoms with E-state index in [4.69, 9.17) is 0 Å². The smallest absolute Gasteiger partial charge is 0.325 e. The van der Waals surface area contributed by atoms with E-state index in [-0.39, 0.29) is 12.2 Å². The summed E-state index contributed by atoms with van der Waals surface area (Å²) in [5, 5.41) is 13.8. The number of carboxylic acids is 1. The highest BCUT2D eigenvalue weighted by atomic mass is 16.4. The minimum absolute atomic E-state index is 0.0445. The van der Waals surface area contributed by atoms with Crippen molar-refractivity contribution in [2.45, 2.75) is 31.8 Å². The van der Waals surface area contributed by atoms with Gasteiger partial charge in [-0.3, -0.25) is 24.5 Å². The normalized spacial score (nSPS) is 25.2. The van der Waals surface area contributed by atoms with Crippen LogP contribution in [-0.2, 0) is 20.8 Å². The molecule has 2 heterocycles. The fraction of sp³-hybridized carbons (Fsp3) is 0.241. The second kappa shape index (κ2) is 8.84. The number of ketones is 1. The van der Waals surface area contributed by atoms with Crippen molar-refractivity contribution in [1.82, 2.24) is 5.32 Å². The van der Waals surface area contributed by atoms with Gasteiger partial charge in [0.25, 0.3) is 0 Å². The molecule has 3 aromatic rings. The number of hydrogen-bond donors (Lipinski definition) is 2. The van der Waals surface area contributed by atoms with E-state index in [2.05, 4.69) is 5.32 Å². The average molecular weight is 483 g/mol. The molecule has 0 saturated carbocycles. The van der Waals surface area contributed by atoms with Crippen LogP contribution in [0.15, 0.2) is 78.9 Å². The van der Waals surface area contributed by atoms with Crippen LogP contribution in [0.25, 0.3) is 0 Å². The first-order valence-electron chi connectivity index (χ1n) is 11.8. The van der Waals surface area contributed by atoms with Crippen LogP contribution < -0.4 is 10.2 Å². The van der Waals surface area contributed by atoms with Crippen molar-refractivity contribution in [3.63, 3.8) is 0 Å². The van der Waals surface area contributed by atoms with Crippen molar-refractivity contribution in [2.75, 3.05) is 4.90 Å². The number of aliphatic carboxylic acids is 1. The monoisotopic (exact) mass is 482 g/mol. The molecule has 182 valence electrons. The lowest BCUT2D eigenvalue weighted by molar-refractivity contribution is -0.148. The number of Topliss-reactive ketones (excluding diaryl/α,β-unsaturated/α-hetero) is 1. The number of rotatable bonds is 6. The van der Waals surface area contributed by atoms with Gasteiger partial charge in [-0.2, -0.15) is 0 Å². The van der Waals surface area contributed by atoms with Gasteiger partial charge in [0, 0.05) is 18.0 Å². The van der Waals surface area contributed by atoms with Gasteiger partial charge in [0.15, 0.2) is 5.78 Å². The SMILES string of the molecule is CC(=O)c1ccc(N2C(=O)C3C(c4ccccc4C)NC(Cc4ccccc4)(C(=O)O)C3C2=O)cc1. The van der Waals surface area contributed by atoms with E-state index in [1.807, 2.05) is 61.5 Å². The number of amides is 2. The summed E-state index contributed by atoms with van der Waals surface area (Å²) in [4.78, 5) is 53.6. The molecule has 3 aromatic carbocycles. The summed E-state index contributed by atoms with van der Waals surface area (Å²) in [5.41, 5.74) is 1.55. The third kappa shape index (κ3) is 3.63. The van der Waals surface area contributed by atoms with Gasteiger partial charge >= 0.3 is 5.97 Å². The van der Waals surface area contributed by atoms with E-state index in [1.165, 1.54) is 6.92 Å². The summed E-state index contributed by atoms with van der Waals surface area (Å²) in [6.45, 7) is 3.35. The lowest BCUT2D eigenvalue weighted by atomic mass is 9.76. The Morgan fingerprint density at radius 3 is 2.17 bits per heavy atom. The second-order valence-corrected chi connectivity index (χ2v) is 9.54. The maximum absolute atomic E-state index is 13.9. The third-order valence-corrected chi connectivity index (χ3v) is 7.42. The van der Waals surface area contributed by atoms with Gasteiger partial charge in [-0.25, -0.2) is 4.90 Å². The number of nitrogens with one attached hydrogen (secondary N) is 1. The third-order valence-electron chi connectivity index (χ3n) is 7.42. The van der Waals surface area contributed by atoms with Crippen LogP contribution in [0.3, 0.4) is 0 Å². The number of imide groups is 1. The molecule has 5 rings (SSSR count). The molecule has 4 atom stereocenters. The highest BCUT2D eigenvalue weighted by molar-refractivity contribution is 6.24. The molecule has 0 spiro atoms. The number of carbonyl (C=O) groups excluding carboxylic acids is 3. The largest absolute Gasteiger partial charge is 0.480 e. The highest BCUT2D eigenvalue weighted by Gasteiger charge is 2.68. The first kappa shape index (κ1) is 23.6. The highest BCUT2D eigenvalue weighted by Crippen LogP contribution is 2.51. The molecule has 0 aliphatic carbocycles. The summed E-state index contributed by atoms with van der Waals surface area (Å²) in [6, 6.07) is 22.2. The Balaban J connectivity index is 1.65. The minimum Gasteiger partial charge on any atom is -0.480 e. The van der Waals surface area contributed by atoms with Crippen LogP contribution in [0.4, 0.5) is 5.69 Å². The maximum Gasteiger partial charge on any atom is 0.325 e. The van der Waals surface area contributed by atoms with Crippen molar-refractivity contribution in [3.8, 4) is 0 Å². The molecular weight excluding hydrogens is 456 g/mol. The Morgan fingerprint density at radius 2 is 1.56 bits per heavy atom. The summed E-state index contributed by atoms with van der Waals surface area (Å²) in [5.74, 6) is -4.31. The summed E-state index contributed by atoms with van der Waals surface area (Å²) < 4.78 is 0. The molecule has 7 nitrogen and oxygen atoms in total. The molecular formula is C29H26N2O5. The molecule has 2 N–H and O–H groups in total. The standard InChI is InChI=1S/C29H26N2O5/c1-17-8-6-7-11-22(17)25-23-24(29(30-25,28(35)36)16-19-9-4-3-5-10-19)27(34)31(26(23)33)21-14-12-20(13-15-21)18(2)32/h3-15,23-25,30H,16H2,1-2H3,(H,35,36). The Bertz CT molecular complexity index is 1370. The molecule has 2 fully saturated rings. The molecule has 2 saturated heterocycles. The number of aryl methyl sites for hydroxylation is 1. The van der Waals surface area contributed by atoms with Crippen LogP contribution in [0.5, 0.6) is 0 Å². The predicted octanol–water partition coefficient (Wildman–Crippen LogP) is 3.71. The number of nitrogens with zero attached hydrogens (tertiary/aromatic N) is 1. The average Bonchev–Trinajstić information content (AvgIpc) is 3.34. The molecule has 36 heavy (non-hydrogen) atoms. The lowest BCUT2D eigenvalue weighted by Crippen LogP contribution is -2.57. The molecule has 2 amide bonds. The van der Waals surface area contributed by atoms with Gasteiger partial charge in [-0.1, -0.05) is 54.6 Å². The number of carboxylic acid groups (broad SMARTS) is 1.